The molecular weight excluding hydrogens is 465 g/mol. The summed E-state index contributed by atoms with van der Waals surface area (Å²) in [4.78, 5) is 28.6. The average molecular weight is 480 g/mol. The molecule has 0 bridgehead atoms. The summed E-state index contributed by atoms with van der Waals surface area (Å²) in [6, 6.07) is 16.3. The number of aromatic nitrogens is 2. The van der Waals surface area contributed by atoms with E-state index in [1.807, 2.05) is 24.3 Å². The van der Waals surface area contributed by atoms with Gasteiger partial charge in [0.1, 0.15) is 6.54 Å². The van der Waals surface area contributed by atoms with Crippen LogP contribution >= 0.6 is 34.2 Å². The Bertz CT molecular complexity index is 969. The number of nitrogens with zero attached hydrogens (tertiary/aromatic N) is 2. The van der Waals surface area contributed by atoms with Crippen molar-refractivity contribution in [1.29, 1.82) is 0 Å². The third-order valence-electron chi connectivity index (χ3n) is 3.74. The van der Waals surface area contributed by atoms with Gasteiger partial charge < -0.3 is 5.32 Å². The average Bonchev–Trinajstić information content (AvgIpc) is 2.63. The van der Waals surface area contributed by atoms with Crippen molar-refractivity contribution in [3.8, 4) is 11.3 Å². The Morgan fingerprint density at radius 3 is 2.46 bits per heavy atom. The normalized spacial score (nSPS) is 10.5. The first kappa shape index (κ1) is 18.6. The van der Waals surface area contributed by atoms with E-state index in [4.69, 9.17) is 11.6 Å². The maximum absolute atomic E-state index is 12.2. The molecule has 2 aromatic carbocycles. The van der Waals surface area contributed by atoms with Crippen LogP contribution in [-0.2, 0) is 17.9 Å². The van der Waals surface area contributed by atoms with Gasteiger partial charge >= 0.3 is 0 Å². The van der Waals surface area contributed by atoms with E-state index in [2.05, 4.69) is 32.9 Å². The van der Waals surface area contributed by atoms with E-state index in [0.29, 0.717) is 17.3 Å². The van der Waals surface area contributed by atoms with Gasteiger partial charge in [0, 0.05) is 26.8 Å². The summed E-state index contributed by atoms with van der Waals surface area (Å²) in [7, 11) is 0. The summed E-state index contributed by atoms with van der Waals surface area (Å²) in [5.41, 5.74) is 2.06. The summed E-state index contributed by atoms with van der Waals surface area (Å²) in [5, 5.41) is 3.42. The van der Waals surface area contributed by atoms with Gasteiger partial charge in [0.05, 0.1) is 12.0 Å². The summed E-state index contributed by atoms with van der Waals surface area (Å²) in [5.74, 6) is -0.244. The summed E-state index contributed by atoms with van der Waals surface area (Å²) in [6.07, 6.45) is 1.39. The molecule has 1 amide bonds. The Kier molecular flexibility index (Phi) is 6.05. The molecule has 5 nitrogen and oxygen atoms in total. The van der Waals surface area contributed by atoms with Crippen LogP contribution in [0.3, 0.4) is 0 Å². The Morgan fingerprint density at radius 2 is 1.81 bits per heavy atom. The quantitative estimate of drug-likeness (QED) is 0.570. The van der Waals surface area contributed by atoms with Crippen molar-refractivity contribution in [2.75, 3.05) is 0 Å². The van der Waals surface area contributed by atoms with Gasteiger partial charge in [-0.3, -0.25) is 14.2 Å². The zero-order chi connectivity index (χ0) is 18.5. The minimum atomic E-state index is -0.283. The molecule has 1 aromatic heterocycles. The van der Waals surface area contributed by atoms with Crippen LogP contribution in [0.2, 0.25) is 5.02 Å². The van der Waals surface area contributed by atoms with Crippen molar-refractivity contribution in [2.24, 2.45) is 0 Å². The SMILES string of the molecule is O=C(Cn1cnc(-c2ccc(Cl)cc2)cc1=O)NCc1ccc(I)cc1. The van der Waals surface area contributed by atoms with Crippen LogP contribution < -0.4 is 10.9 Å². The largest absolute Gasteiger partial charge is 0.350 e. The van der Waals surface area contributed by atoms with Gasteiger partial charge in [0.15, 0.2) is 0 Å². The molecule has 7 heteroatoms. The van der Waals surface area contributed by atoms with Gasteiger partial charge in [-0.25, -0.2) is 4.98 Å². The number of halogens is 2. The molecule has 0 aliphatic rings. The van der Waals surface area contributed by atoms with Gasteiger partial charge in [-0.05, 0) is 52.4 Å². The molecule has 132 valence electrons. The molecule has 0 radical (unpaired) electrons. The molecule has 0 fully saturated rings. The van der Waals surface area contributed by atoms with Crippen molar-refractivity contribution >= 4 is 40.1 Å². The molecule has 3 aromatic rings. The molecule has 0 aliphatic carbocycles. The fraction of sp³-hybridized carbons (Fsp3) is 0.105. The first-order chi connectivity index (χ1) is 12.5. The molecule has 0 atom stereocenters. The van der Waals surface area contributed by atoms with Gasteiger partial charge in [-0.15, -0.1) is 0 Å². The third-order valence-corrected chi connectivity index (χ3v) is 4.71. The molecule has 0 spiro atoms. The maximum atomic E-state index is 12.2. The predicted octanol–water partition coefficient (Wildman–Crippen LogP) is 3.48. The number of hydrogen-bond acceptors (Lipinski definition) is 3. The number of carbonyl (C=O) groups is 1. The second-order valence-electron chi connectivity index (χ2n) is 5.65. The van der Waals surface area contributed by atoms with Crippen LogP contribution in [0.5, 0.6) is 0 Å². The first-order valence-corrected chi connectivity index (χ1v) is 9.30. The van der Waals surface area contributed by atoms with Gasteiger partial charge in [0.2, 0.25) is 5.91 Å². The highest BCUT2D eigenvalue weighted by molar-refractivity contribution is 14.1. The minimum absolute atomic E-state index is 0.0723. The second kappa shape index (κ2) is 8.46. The summed E-state index contributed by atoms with van der Waals surface area (Å²) >= 11 is 8.09. The fourth-order valence-electron chi connectivity index (χ4n) is 2.34. The van der Waals surface area contributed by atoms with E-state index in [0.717, 1.165) is 14.7 Å². The monoisotopic (exact) mass is 479 g/mol. The van der Waals surface area contributed by atoms with E-state index in [1.54, 1.807) is 24.3 Å². The van der Waals surface area contributed by atoms with Crippen LogP contribution in [0, 0.1) is 3.57 Å². The predicted molar refractivity (Wildman–Crippen MR) is 110 cm³/mol. The lowest BCUT2D eigenvalue weighted by atomic mass is 10.1. The molecule has 0 saturated carbocycles. The van der Waals surface area contributed by atoms with Crippen LogP contribution in [0.1, 0.15) is 5.56 Å². The summed E-state index contributed by atoms with van der Waals surface area (Å²) in [6.45, 7) is 0.345. The second-order valence-corrected chi connectivity index (χ2v) is 7.33. The molecule has 0 saturated heterocycles. The lowest BCUT2D eigenvalue weighted by molar-refractivity contribution is -0.121. The molecule has 0 aliphatic heterocycles. The third kappa shape index (κ3) is 4.92. The first-order valence-electron chi connectivity index (χ1n) is 7.85. The Hall–Kier alpha value is -2.19. The molecule has 26 heavy (non-hydrogen) atoms. The number of benzene rings is 2. The smallest absolute Gasteiger partial charge is 0.254 e. The van der Waals surface area contributed by atoms with E-state index in [9.17, 15) is 9.59 Å². The molecule has 3 rings (SSSR count). The summed E-state index contributed by atoms with van der Waals surface area (Å²) < 4.78 is 2.42. The van der Waals surface area contributed by atoms with E-state index in [1.165, 1.54) is 17.0 Å². The van der Waals surface area contributed by atoms with E-state index < -0.39 is 0 Å². The number of amides is 1. The fourth-order valence-corrected chi connectivity index (χ4v) is 2.82. The van der Waals surface area contributed by atoms with Crippen molar-refractivity contribution in [1.82, 2.24) is 14.9 Å². The number of rotatable bonds is 5. The molecular formula is C19H15ClIN3O2. The highest BCUT2D eigenvalue weighted by Crippen LogP contribution is 2.17. The van der Waals surface area contributed by atoms with Gasteiger partial charge in [0.25, 0.3) is 5.56 Å². The van der Waals surface area contributed by atoms with Crippen LogP contribution in [0.25, 0.3) is 11.3 Å². The highest BCUT2D eigenvalue weighted by Gasteiger charge is 2.07. The van der Waals surface area contributed by atoms with Crippen LogP contribution in [0.4, 0.5) is 0 Å². The number of hydrogen-bond donors (Lipinski definition) is 1. The maximum Gasteiger partial charge on any atom is 0.254 e. The minimum Gasteiger partial charge on any atom is -0.350 e. The van der Waals surface area contributed by atoms with Crippen molar-refractivity contribution in [3.63, 3.8) is 0 Å². The number of nitrogens with one attached hydrogen (secondary N) is 1. The van der Waals surface area contributed by atoms with Crippen molar-refractivity contribution < 1.29 is 4.79 Å². The van der Waals surface area contributed by atoms with E-state index in [-0.39, 0.29) is 18.0 Å². The standard InChI is InChI=1S/C19H15ClIN3O2/c20-15-5-3-14(4-6-15)17-9-19(26)24(12-23-17)11-18(25)22-10-13-1-7-16(21)8-2-13/h1-9,12H,10-11H2,(H,22,25). The zero-order valence-corrected chi connectivity index (χ0v) is 16.6. The Labute approximate surface area is 169 Å². The van der Waals surface area contributed by atoms with Gasteiger partial charge in [-0.2, -0.15) is 0 Å². The van der Waals surface area contributed by atoms with Crippen LogP contribution in [0.15, 0.2) is 65.7 Å². The lowest BCUT2D eigenvalue weighted by Gasteiger charge is -2.08. The van der Waals surface area contributed by atoms with Crippen molar-refractivity contribution in [2.45, 2.75) is 13.1 Å². The Morgan fingerprint density at radius 1 is 1.12 bits per heavy atom. The molecule has 1 heterocycles. The van der Waals surface area contributed by atoms with Crippen molar-refractivity contribution in [3.05, 3.63) is 85.4 Å². The Balaban J connectivity index is 1.64. The number of carbonyl (C=O) groups excluding carboxylic acids is 1. The van der Waals surface area contributed by atoms with E-state index >= 15 is 0 Å². The van der Waals surface area contributed by atoms with Gasteiger partial charge in [-0.1, -0.05) is 35.9 Å². The van der Waals surface area contributed by atoms with Crippen LogP contribution in [-0.4, -0.2) is 15.5 Å². The lowest BCUT2D eigenvalue weighted by Crippen LogP contribution is -2.31. The zero-order valence-electron chi connectivity index (χ0n) is 13.7. The topological polar surface area (TPSA) is 64.0 Å². The highest BCUT2D eigenvalue weighted by atomic mass is 127. The molecule has 0 unspecified atom stereocenters. The molecule has 1 N–H and O–H groups in total.